The molecule has 0 fully saturated rings. The van der Waals surface area contributed by atoms with Crippen molar-refractivity contribution in [2.24, 2.45) is 0 Å². The molecule has 0 saturated heterocycles. The smallest absolute Gasteiger partial charge is 0.221 e. The molecule has 5 heteroatoms. The first kappa shape index (κ1) is 14.3. The highest BCUT2D eigenvalue weighted by atomic mass is 32.1. The molecule has 1 heterocycles. The lowest BCUT2D eigenvalue weighted by molar-refractivity contribution is -0.114. The zero-order chi connectivity index (χ0) is 14.4. The summed E-state index contributed by atoms with van der Waals surface area (Å²) in [5, 5.41) is 17.2. The van der Waals surface area contributed by atoms with Gasteiger partial charge in [0.05, 0.1) is 6.07 Å². The minimum Gasteiger partial charge on any atom is -0.326 e. The van der Waals surface area contributed by atoms with Crippen molar-refractivity contribution in [3.63, 3.8) is 0 Å². The van der Waals surface area contributed by atoms with E-state index in [9.17, 15) is 10.1 Å². The minimum atomic E-state index is -0.358. The maximum Gasteiger partial charge on any atom is 0.221 e. The van der Waals surface area contributed by atoms with Crippen molar-refractivity contribution in [1.29, 1.82) is 5.26 Å². The van der Waals surface area contributed by atoms with Gasteiger partial charge in [-0.2, -0.15) is 5.26 Å². The van der Waals surface area contributed by atoms with Crippen LogP contribution in [0.15, 0.2) is 41.8 Å². The Morgan fingerprint density at radius 2 is 2.10 bits per heavy atom. The molecule has 2 N–H and O–H groups in total. The summed E-state index contributed by atoms with van der Waals surface area (Å²) in [6.07, 6.45) is 0. The number of rotatable bonds is 5. The number of benzene rings is 1. The lowest BCUT2D eigenvalue weighted by atomic mass is 10.1. The number of thiophene rings is 1. The van der Waals surface area contributed by atoms with Crippen LogP contribution in [0, 0.1) is 11.3 Å². The van der Waals surface area contributed by atoms with Crippen LogP contribution in [-0.2, 0) is 11.3 Å². The number of hydrogen-bond donors (Lipinski definition) is 2. The van der Waals surface area contributed by atoms with Crippen LogP contribution in [0.3, 0.4) is 0 Å². The Morgan fingerprint density at radius 3 is 2.65 bits per heavy atom. The van der Waals surface area contributed by atoms with Crippen LogP contribution in [0.2, 0.25) is 0 Å². The van der Waals surface area contributed by atoms with Gasteiger partial charge in [-0.1, -0.05) is 18.2 Å². The normalized spacial score (nSPS) is 11.6. The first-order valence-electron chi connectivity index (χ1n) is 6.22. The van der Waals surface area contributed by atoms with Gasteiger partial charge in [0.1, 0.15) is 6.04 Å². The van der Waals surface area contributed by atoms with Crippen LogP contribution >= 0.6 is 11.3 Å². The van der Waals surface area contributed by atoms with Crippen molar-refractivity contribution < 1.29 is 4.79 Å². The largest absolute Gasteiger partial charge is 0.326 e. The molecule has 2 aromatic rings. The summed E-state index contributed by atoms with van der Waals surface area (Å²) in [5.41, 5.74) is 1.62. The molecule has 4 nitrogen and oxygen atoms in total. The highest BCUT2D eigenvalue weighted by Gasteiger charge is 2.10. The highest BCUT2D eigenvalue weighted by Crippen LogP contribution is 2.17. The molecular weight excluding hydrogens is 270 g/mol. The highest BCUT2D eigenvalue weighted by molar-refractivity contribution is 7.09. The molecule has 0 bridgehead atoms. The second kappa shape index (κ2) is 6.85. The molecule has 1 amide bonds. The number of nitriles is 1. The molecule has 1 unspecified atom stereocenters. The van der Waals surface area contributed by atoms with Crippen LogP contribution < -0.4 is 10.6 Å². The van der Waals surface area contributed by atoms with Crippen LogP contribution in [0.4, 0.5) is 5.69 Å². The van der Waals surface area contributed by atoms with E-state index in [1.165, 1.54) is 11.8 Å². The van der Waals surface area contributed by atoms with E-state index in [1.807, 2.05) is 29.6 Å². The summed E-state index contributed by atoms with van der Waals surface area (Å²) >= 11 is 1.66. The van der Waals surface area contributed by atoms with E-state index in [2.05, 4.69) is 16.7 Å². The van der Waals surface area contributed by atoms with E-state index in [1.54, 1.807) is 23.5 Å². The topological polar surface area (TPSA) is 64.9 Å². The predicted molar refractivity (Wildman–Crippen MR) is 80.3 cm³/mol. The standard InChI is InChI=1S/C15H15N3OS/c1-11(19)18-13-6-4-12(5-7-13)15(9-16)17-10-14-3-2-8-20-14/h2-8,15,17H,10H2,1H3,(H,18,19). The summed E-state index contributed by atoms with van der Waals surface area (Å²) in [7, 11) is 0. The fourth-order valence-electron chi connectivity index (χ4n) is 1.82. The third-order valence-corrected chi connectivity index (χ3v) is 3.63. The summed E-state index contributed by atoms with van der Waals surface area (Å²) < 4.78 is 0. The zero-order valence-electron chi connectivity index (χ0n) is 11.1. The Balaban J connectivity index is 2.00. The molecule has 2 rings (SSSR count). The number of nitrogens with zero attached hydrogens (tertiary/aromatic N) is 1. The lowest BCUT2D eigenvalue weighted by Gasteiger charge is -2.12. The van der Waals surface area contributed by atoms with Gasteiger partial charge in [-0.3, -0.25) is 10.1 Å². The summed E-state index contributed by atoms with van der Waals surface area (Å²) in [6.45, 7) is 2.14. The van der Waals surface area contributed by atoms with Crippen molar-refractivity contribution in [2.75, 3.05) is 5.32 Å². The molecule has 1 aromatic carbocycles. The van der Waals surface area contributed by atoms with Gasteiger partial charge in [0, 0.05) is 24.0 Å². The molecule has 0 radical (unpaired) electrons. The molecule has 0 spiro atoms. The number of amides is 1. The third-order valence-electron chi connectivity index (χ3n) is 2.75. The fraction of sp³-hybridized carbons (Fsp3) is 0.200. The summed E-state index contributed by atoms with van der Waals surface area (Å²) in [6, 6.07) is 13.2. The number of anilines is 1. The van der Waals surface area contributed by atoms with E-state index in [-0.39, 0.29) is 11.9 Å². The van der Waals surface area contributed by atoms with Crippen molar-refractivity contribution in [2.45, 2.75) is 19.5 Å². The molecule has 1 atom stereocenters. The van der Waals surface area contributed by atoms with Crippen LogP contribution in [0.5, 0.6) is 0 Å². The number of carbonyl (C=O) groups is 1. The molecule has 0 saturated carbocycles. The lowest BCUT2D eigenvalue weighted by Crippen LogP contribution is -2.19. The summed E-state index contributed by atoms with van der Waals surface area (Å²) in [5.74, 6) is -0.106. The van der Waals surface area contributed by atoms with Gasteiger partial charge in [0.2, 0.25) is 5.91 Å². The average molecular weight is 285 g/mol. The second-order valence-electron chi connectivity index (χ2n) is 4.33. The van der Waals surface area contributed by atoms with Gasteiger partial charge in [0.25, 0.3) is 0 Å². The zero-order valence-corrected chi connectivity index (χ0v) is 11.9. The molecular formula is C15H15N3OS. The number of nitrogens with one attached hydrogen (secondary N) is 2. The Hall–Kier alpha value is -2.16. The molecule has 0 aliphatic heterocycles. The van der Waals surface area contributed by atoms with E-state index in [0.717, 1.165) is 11.3 Å². The molecule has 1 aromatic heterocycles. The maximum absolute atomic E-state index is 10.9. The molecule has 0 aliphatic carbocycles. The van der Waals surface area contributed by atoms with Gasteiger partial charge in [-0.15, -0.1) is 11.3 Å². The summed E-state index contributed by atoms with van der Waals surface area (Å²) in [4.78, 5) is 12.1. The predicted octanol–water partition coefficient (Wildman–Crippen LogP) is 3.06. The average Bonchev–Trinajstić information content (AvgIpc) is 2.94. The Morgan fingerprint density at radius 1 is 1.35 bits per heavy atom. The van der Waals surface area contributed by atoms with Gasteiger partial charge in [-0.25, -0.2) is 0 Å². The van der Waals surface area contributed by atoms with E-state index in [4.69, 9.17) is 0 Å². The van der Waals surface area contributed by atoms with Crippen molar-refractivity contribution in [1.82, 2.24) is 5.32 Å². The number of carbonyl (C=O) groups excluding carboxylic acids is 1. The van der Waals surface area contributed by atoms with E-state index < -0.39 is 0 Å². The Kier molecular flexibility index (Phi) is 4.88. The Bertz CT molecular complexity index is 599. The third kappa shape index (κ3) is 3.92. The minimum absolute atomic E-state index is 0.106. The van der Waals surface area contributed by atoms with Crippen LogP contribution in [0.25, 0.3) is 0 Å². The van der Waals surface area contributed by atoms with Gasteiger partial charge >= 0.3 is 0 Å². The van der Waals surface area contributed by atoms with Crippen molar-refractivity contribution in [3.8, 4) is 6.07 Å². The quantitative estimate of drug-likeness (QED) is 0.887. The first-order valence-corrected chi connectivity index (χ1v) is 7.10. The molecule has 0 aliphatic rings. The monoisotopic (exact) mass is 285 g/mol. The fourth-order valence-corrected chi connectivity index (χ4v) is 2.47. The molecule has 20 heavy (non-hydrogen) atoms. The maximum atomic E-state index is 10.9. The van der Waals surface area contributed by atoms with Crippen LogP contribution in [0.1, 0.15) is 23.4 Å². The van der Waals surface area contributed by atoms with Gasteiger partial charge in [-0.05, 0) is 29.1 Å². The van der Waals surface area contributed by atoms with E-state index >= 15 is 0 Å². The number of hydrogen-bond acceptors (Lipinski definition) is 4. The van der Waals surface area contributed by atoms with E-state index in [0.29, 0.717) is 6.54 Å². The van der Waals surface area contributed by atoms with Crippen LogP contribution in [-0.4, -0.2) is 5.91 Å². The molecule has 102 valence electrons. The van der Waals surface area contributed by atoms with Gasteiger partial charge < -0.3 is 5.32 Å². The second-order valence-corrected chi connectivity index (χ2v) is 5.36. The van der Waals surface area contributed by atoms with Crippen molar-refractivity contribution >= 4 is 22.9 Å². The van der Waals surface area contributed by atoms with Crippen molar-refractivity contribution in [3.05, 3.63) is 52.2 Å². The Labute approximate surface area is 122 Å². The first-order chi connectivity index (χ1) is 9.69. The van der Waals surface area contributed by atoms with Gasteiger partial charge in [0.15, 0.2) is 0 Å². The SMILES string of the molecule is CC(=O)Nc1ccc(C(C#N)NCc2cccs2)cc1.